The zero-order valence-corrected chi connectivity index (χ0v) is 19.1. The molecular formula is C23H40N4O3. The minimum absolute atomic E-state index is 0.280. The van der Waals surface area contributed by atoms with Crippen molar-refractivity contribution in [2.75, 3.05) is 85.7 Å². The standard InChI is InChI=1S/C23H40N4O3/c1-4-24-8-12-26(13-9-24)17-20-6-7-22(23(16-20)29-3)30-19-21(28)18-27-14-10-25(5-2)11-15-27/h6-7,16,21,28H,4-5,8-15,17-19H2,1-3H3/t21-/m0/s1. The zero-order valence-electron chi connectivity index (χ0n) is 19.1. The first-order valence-electron chi connectivity index (χ1n) is 11.5. The third-order valence-electron chi connectivity index (χ3n) is 6.36. The quantitative estimate of drug-likeness (QED) is 0.611. The summed E-state index contributed by atoms with van der Waals surface area (Å²) in [6, 6.07) is 6.15. The van der Waals surface area contributed by atoms with Crippen LogP contribution >= 0.6 is 0 Å². The molecule has 1 N–H and O–H groups in total. The highest BCUT2D eigenvalue weighted by Gasteiger charge is 2.19. The molecule has 0 amide bonds. The summed E-state index contributed by atoms with van der Waals surface area (Å²) in [4.78, 5) is 9.74. The van der Waals surface area contributed by atoms with E-state index in [1.807, 2.05) is 6.07 Å². The summed E-state index contributed by atoms with van der Waals surface area (Å²) in [5, 5.41) is 10.4. The fraction of sp³-hybridized carbons (Fsp3) is 0.739. The van der Waals surface area contributed by atoms with E-state index in [9.17, 15) is 5.11 Å². The van der Waals surface area contributed by atoms with Gasteiger partial charge < -0.3 is 24.4 Å². The van der Waals surface area contributed by atoms with Gasteiger partial charge in [-0.1, -0.05) is 19.9 Å². The van der Waals surface area contributed by atoms with Gasteiger partial charge in [-0.05, 0) is 30.8 Å². The number of likely N-dealkylation sites (N-methyl/N-ethyl adjacent to an activating group) is 2. The smallest absolute Gasteiger partial charge is 0.161 e. The molecule has 2 heterocycles. The van der Waals surface area contributed by atoms with Crippen LogP contribution in [0.2, 0.25) is 0 Å². The Balaban J connectivity index is 1.45. The second-order valence-corrected chi connectivity index (χ2v) is 8.40. The lowest BCUT2D eigenvalue weighted by atomic mass is 10.1. The van der Waals surface area contributed by atoms with Crippen LogP contribution in [-0.2, 0) is 6.54 Å². The highest BCUT2D eigenvalue weighted by atomic mass is 16.5. The van der Waals surface area contributed by atoms with Crippen molar-refractivity contribution in [3.63, 3.8) is 0 Å². The van der Waals surface area contributed by atoms with E-state index in [4.69, 9.17) is 9.47 Å². The van der Waals surface area contributed by atoms with Crippen molar-refractivity contribution < 1.29 is 14.6 Å². The Hall–Kier alpha value is -1.38. The summed E-state index contributed by atoms with van der Waals surface area (Å²) >= 11 is 0. The van der Waals surface area contributed by atoms with E-state index >= 15 is 0 Å². The molecule has 7 nitrogen and oxygen atoms in total. The van der Waals surface area contributed by atoms with Crippen LogP contribution in [0.5, 0.6) is 11.5 Å². The summed E-state index contributed by atoms with van der Waals surface area (Å²) < 4.78 is 11.5. The lowest BCUT2D eigenvalue weighted by molar-refractivity contribution is 0.0464. The SMILES string of the molecule is CCN1CCN(Cc2ccc(OC[C@@H](O)CN3CCN(CC)CC3)c(OC)c2)CC1. The normalized spacial score (nSPS) is 20.9. The summed E-state index contributed by atoms with van der Waals surface area (Å²) in [7, 11) is 1.68. The van der Waals surface area contributed by atoms with E-state index in [1.165, 1.54) is 5.56 Å². The average molecular weight is 421 g/mol. The third kappa shape index (κ3) is 6.82. The van der Waals surface area contributed by atoms with E-state index < -0.39 is 6.10 Å². The van der Waals surface area contributed by atoms with Crippen LogP contribution < -0.4 is 9.47 Å². The molecule has 0 bridgehead atoms. The van der Waals surface area contributed by atoms with Gasteiger partial charge in [0, 0.05) is 65.4 Å². The number of nitrogens with zero attached hydrogens (tertiary/aromatic N) is 4. The second-order valence-electron chi connectivity index (χ2n) is 8.40. The van der Waals surface area contributed by atoms with Gasteiger partial charge in [0.05, 0.1) is 7.11 Å². The van der Waals surface area contributed by atoms with Crippen molar-refractivity contribution in [2.45, 2.75) is 26.5 Å². The molecule has 0 saturated carbocycles. The maximum absolute atomic E-state index is 10.4. The Morgan fingerprint density at radius 3 is 1.97 bits per heavy atom. The first kappa shape index (κ1) is 23.3. The number of aliphatic hydroxyl groups is 1. The molecule has 1 aromatic rings. The number of ether oxygens (including phenoxy) is 2. The number of aliphatic hydroxyl groups excluding tert-OH is 1. The Morgan fingerprint density at radius 2 is 1.40 bits per heavy atom. The number of hydrogen-bond acceptors (Lipinski definition) is 7. The van der Waals surface area contributed by atoms with Crippen molar-refractivity contribution >= 4 is 0 Å². The molecule has 170 valence electrons. The first-order valence-corrected chi connectivity index (χ1v) is 11.5. The van der Waals surface area contributed by atoms with Crippen LogP contribution in [0.25, 0.3) is 0 Å². The van der Waals surface area contributed by atoms with Crippen LogP contribution in [0.1, 0.15) is 19.4 Å². The van der Waals surface area contributed by atoms with Gasteiger partial charge in [0.2, 0.25) is 0 Å². The molecule has 1 aromatic carbocycles. The van der Waals surface area contributed by atoms with Gasteiger partial charge >= 0.3 is 0 Å². The molecule has 0 aliphatic carbocycles. The number of piperazine rings is 2. The van der Waals surface area contributed by atoms with E-state index in [1.54, 1.807) is 7.11 Å². The maximum atomic E-state index is 10.4. The van der Waals surface area contributed by atoms with Crippen LogP contribution in [0.15, 0.2) is 18.2 Å². The summed E-state index contributed by atoms with van der Waals surface area (Å²) in [5.74, 6) is 1.44. The van der Waals surface area contributed by atoms with Gasteiger partial charge in [0.25, 0.3) is 0 Å². The lowest BCUT2D eigenvalue weighted by Crippen LogP contribution is -2.49. The second kappa shape index (κ2) is 11.9. The van der Waals surface area contributed by atoms with Crippen LogP contribution in [0.3, 0.4) is 0 Å². The number of methoxy groups -OCH3 is 1. The van der Waals surface area contributed by atoms with Crippen molar-refractivity contribution in [1.29, 1.82) is 0 Å². The van der Waals surface area contributed by atoms with Gasteiger partial charge in [-0.3, -0.25) is 9.80 Å². The number of rotatable bonds is 10. The molecule has 3 rings (SSSR count). The number of hydrogen-bond donors (Lipinski definition) is 1. The predicted molar refractivity (Wildman–Crippen MR) is 120 cm³/mol. The molecule has 2 fully saturated rings. The maximum Gasteiger partial charge on any atom is 0.161 e. The van der Waals surface area contributed by atoms with Crippen LogP contribution in [0.4, 0.5) is 0 Å². The van der Waals surface area contributed by atoms with Gasteiger partial charge in [0.15, 0.2) is 11.5 Å². The topological polar surface area (TPSA) is 51.7 Å². The van der Waals surface area contributed by atoms with Crippen molar-refractivity contribution in [3.8, 4) is 11.5 Å². The summed E-state index contributed by atoms with van der Waals surface area (Å²) in [6.07, 6.45) is -0.502. The minimum atomic E-state index is -0.502. The third-order valence-corrected chi connectivity index (χ3v) is 6.36. The van der Waals surface area contributed by atoms with Gasteiger partial charge in [-0.2, -0.15) is 0 Å². The number of benzene rings is 1. The molecule has 2 aliphatic heterocycles. The molecule has 0 spiro atoms. The van der Waals surface area contributed by atoms with Crippen molar-refractivity contribution in [2.24, 2.45) is 0 Å². The Kier molecular flexibility index (Phi) is 9.21. The van der Waals surface area contributed by atoms with Gasteiger partial charge in [-0.25, -0.2) is 0 Å². The average Bonchev–Trinajstić information content (AvgIpc) is 2.79. The molecule has 2 saturated heterocycles. The van der Waals surface area contributed by atoms with Crippen LogP contribution in [0, 0.1) is 0 Å². The summed E-state index contributed by atoms with van der Waals surface area (Å²) in [6.45, 7) is 17.2. The van der Waals surface area contributed by atoms with Crippen molar-refractivity contribution in [1.82, 2.24) is 19.6 Å². The predicted octanol–water partition coefficient (Wildman–Crippen LogP) is 1.21. The Morgan fingerprint density at radius 1 is 0.833 bits per heavy atom. The van der Waals surface area contributed by atoms with E-state index in [0.29, 0.717) is 12.3 Å². The number of β-amino-alcohol motifs (C(OH)–C–C–N with tert-alkyl or cyclic N) is 1. The monoisotopic (exact) mass is 420 g/mol. The highest BCUT2D eigenvalue weighted by Crippen LogP contribution is 2.29. The van der Waals surface area contributed by atoms with E-state index in [-0.39, 0.29) is 6.61 Å². The fourth-order valence-corrected chi connectivity index (χ4v) is 4.28. The van der Waals surface area contributed by atoms with Crippen molar-refractivity contribution in [3.05, 3.63) is 23.8 Å². The largest absolute Gasteiger partial charge is 0.493 e. The zero-order chi connectivity index (χ0) is 21.3. The van der Waals surface area contributed by atoms with E-state index in [0.717, 1.165) is 77.7 Å². The molecule has 30 heavy (non-hydrogen) atoms. The Labute approximate surface area is 182 Å². The fourth-order valence-electron chi connectivity index (χ4n) is 4.28. The minimum Gasteiger partial charge on any atom is -0.493 e. The van der Waals surface area contributed by atoms with Gasteiger partial charge in [0.1, 0.15) is 12.7 Å². The van der Waals surface area contributed by atoms with Crippen LogP contribution in [-0.4, -0.2) is 117 Å². The molecule has 0 unspecified atom stereocenters. The van der Waals surface area contributed by atoms with Gasteiger partial charge in [-0.15, -0.1) is 0 Å². The Bertz CT molecular complexity index is 629. The lowest BCUT2D eigenvalue weighted by Gasteiger charge is -2.35. The van der Waals surface area contributed by atoms with E-state index in [2.05, 4.69) is 45.6 Å². The molecular weight excluding hydrogens is 380 g/mol. The molecule has 0 aromatic heterocycles. The molecule has 1 atom stereocenters. The summed E-state index contributed by atoms with van der Waals surface area (Å²) in [5.41, 5.74) is 1.23. The molecule has 2 aliphatic rings. The molecule has 7 heteroatoms. The molecule has 0 radical (unpaired) electrons. The first-order chi connectivity index (χ1) is 14.6. The highest BCUT2D eigenvalue weighted by molar-refractivity contribution is 5.43.